The van der Waals surface area contributed by atoms with Gasteiger partial charge in [-0.25, -0.2) is 8.78 Å². The summed E-state index contributed by atoms with van der Waals surface area (Å²) in [5.41, 5.74) is 3.62. The Morgan fingerprint density at radius 3 is 2.40 bits per heavy atom. The van der Waals surface area contributed by atoms with E-state index >= 15 is 0 Å². The summed E-state index contributed by atoms with van der Waals surface area (Å²) in [6, 6.07) is 8.09. The summed E-state index contributed by atoms with van der Waals surface area (Å²) in [7, 11) is 0. The topological polar surface area (TPSA) is 38.0 Å². The Kier molecular flexibility index (Phi) is 4.94. The first-order valence-electron chi connectivity index (χ1n) is 5.86. The largest absolute Gasteiger partial charge is 0.271 e. The summed E-state index contributed by atoms with van der Waals surface area (Å²) in [5, 5.41) is 0.434. The maximum Gasteiger partial charge on any atom is 0.141 e. The van der Waals surface area contributed by atoms with Crippen LogP contribution in [0.3, 0.4) is 0 Å². The molecule has 0 radical (unpaired) electrons. The molecule has 0 heterocycles. The molecule has 2 rings (SSSR count). The van der Waals surface area contributed by atoms with Crippen LogP contribution in [0.2, 0.25) is 10.0 Å². The normalized spacial score (nSPS) is 12.4. The third kappa shape index (κ3) is 3.46. The Hall–Kier alpha value is -1.20. The lowest BCUT2D eigenvalue weighted by Gasteiger charge is -2.17. The van der Waals surface area contributed by atoms with Gasteiger partial charge in [-0.15, -0.1) is 0 Å². The van der Waals surface area contributed by atoms with Gasteiger partial charge < -0.3 is 0 Å². The minimum atomic E-state index is -0.499. The van der Waals surface area contributed by atoms with Gasteiger partial charge in [0.2, 0.25) is 0 Å². The molecule has 106 valence electrons. The van der Waals surface area contributed by atoms with Gasteiger partial charge in [0.05, 0.1) is 11.1 Å². The highest BCUT2D eigenvalue weighted by Crippen LogP contribution is 2.25. The molecule has 0 aromatic heterocycles. The highest BCUT2D eigenvalue weighted by atomic mass is 35.5. The van der Waals surface area contributed by atoms with Gasteiger partial charge in [-0.3, -0.25) is 11.3 Å². The molecule has 0 spiro atoms. The molecule has 1 unspecified atom stereocenters. The average Bonchev–Trinajstić information content (AvgIpc) is 2.43. The van der Waals surface area contributed by atoms with Crippen LogP contribution in [0.15, 0.2) is 36.4 Å². The average molecular weight is 317 g/mol. The van der Waals surface area contributed by atoms with Crippen LogP contribution in [-0.2, 0) is 6.42 Å². The Morgan fingerprint density at radius 1 is 1.05 bits per heavy atom. The van der Waals surface area contributed by atoms with E-state index in [9.17, 15) is 8.78 Å². The van der Waals surface area contributed by atoms with Crippen molar-refractivity contribution >= 4 is 23.2 Å². The molecular weight excluding hydrogens is 305 g/mol. The molecule has 20 heavy (non-hydrogen) atoms. The number of halogens is 4. The molecule has 2 nitrogen and oxygen atoms in total. The molecule has 2 aromatic rings. The standard InChI is InChI=1S/C14H12Cl2F2N2/c15-9-2-4-12(17)10(7-9)14(20-19)6-8-1-3-13(18)11(16)5-8/h1-5,7,14,20H,6,19H2. The summed E-state index contributed by atoms with van der Waals surface area (Å²) in [6.45, 7) is 0. The Balaban J connectivity index is 2.28. The van der Waals surface area contributed by atoms with E-state index in [1.807, 2.05) is 0 Å². The minimum Gasteiger partial charge on any atom is -0.271 e. The molecule has 6 heteroatoms. The lowest BCUT2D eigenvalue weighted by Crippen LogP contribution is -2.30. The van der Waals surface area contributed by atoms with E-state index in [0.717, 1.165) is 5.56 Å². The maximum atomic E-state index is 13.8. The number of hydrogen-bond acceptors (Lipinski definition) is 2. The van der Waals surface area contributed by atoms with Crippen molar-refractivity contribution in [2.75, 3.05) is 0 Å². The highest BCUT2D eigenvalue weighted by Gasteiger charge is 2.16. The van der Waals surface area contributed by atoms with Gasteiger partial charge in [0, 0.05) is 10.6 Å². The summed E-state index contributed by atoms with van der Waals surface area (Å²) in [4.78, 5) is 0. The van der Waals surface area contributed by atoms with Crippen molar-refractivity contribution in [2.45, 2.75) is 12.5 Å². The van der Waals surface area contributed by atoms with E-state index in [4.69, 9.17) is 29.0 Å². The number of hydrogen-bond donors (Lipinski definition) is 2. The minimum absolute atomic E-state index is 0.0184. The van der Waals surface area contributed by atoms with Crippen LogP contribution >= 0.6 is 23.2 Å². The highest BCUT2D eigenvalue weighted by molar-refractivity contribution is 6.31. The van der Waals surface area contributed by atoms with Crippen molar-refractivity contribution in [2.24, 2.45) is 5.84 Å². The predicted molar refractivity (Wildman–Crippen MR) is 76.6 cm³/mol. The first kappa shape index (κ1) is 15.2. The fourth-order valence-corrected chi connectivity index (χ4v) is 2.33. The lowest BCUT2D eigenvalue weighted by molar-refractivity contribution is 0.510. The van der Waals surface area contributed by atoms with Gasteiger partial charge in [0.25, 0.3) is 0 Å². The van der Waals surface area contributed by atoms with E-state index in [1.54, 1.807) is 6.07 Å². The third-order valence-electron chi connectivity index (χ3n) is 2.96. The lowest BCUT2D eigenvalue weighted by atomic mass is 9.99. The second-order valence-corrected chi connectivity index (χ2v) is 5.18. The number of hydrazine groups is 1. The fourth-order valence-electron chi connectivity index (χ4n) is 1.94. The molecule has 0 aliphatic carbocycles. The van der Waals surface area contributed by atoms with Crippen LogP contribution in [0.5, 0.6) is 0 Å². The first-order chi connectivity index (χ1) is 9.51. The van der Waals surface area contributed by atoms with E-state index in [-0.39, 0.29) is 5.02 Å². The second kappa shape index (κ2) is 6.50. The molecule has 0 amide bonds. The molecule has 0 aliphatic heterocycles. The summed E-state index contributed by atoms with van der Waals surface area (Å²) >= 11 is 11.6. The molecular formula is C14H12Cl2F2N2. The third-order valence-corrected chi connectivity index (χ3v) is 3.48. The van der Waals surface area contributed by atoms with Crippen molar-refractivity contribution in [3.05, 3.63) is 69.2 Å². The Morgan fingerprint density at radius 2 is 1.75 bits per heavy atom. The SMILES string of the molecule is NNC(Cc1ccc(F)c(Cl)c1)c1cc(Cl)ccc1F. The fraction of sp³-hybridized carbons (Fsp3) is 0.143. The predicted octanol–water partition coefficient (Wildman–Crippen LogP) is 4.02. The molecule has 0 bridgehead atoms. The van der Waals surface area contributed by atoms with Crippen LogP contribution < -0.4 is 11.3 Å². The van der Waals surface area contributed by atoms with E-state index < -0.39 is 17.7 Å². The van der Waals surface area contributed by atoms with Crippen LogP contribution in [0.1, 0.15) is 17.2 Å². The summed E-state index contributed by atoms with van der Waals surface area (Å²) in [6.07, 6.45) is 0.355. The van der Waals surface area contributed by atoms with Gasteiger partial charge in [0.15, 0.2) is 0 Å². The number of nitrogens with two attached hydrogens (primary N) is 1. The van der Waals surface area contributed by atoms with Gasteiger partial charge >= 0.3 is 0 Å². The van der Waals surface area contributed by atoms with Crippen LogP contribution in [0, 0.1) is 11.6 Å². The van der Waals surface area contributed by atoms with E-state index in [1.165, 1.54) is 30.3 Å². The molecule has 2 aromatic carbocycles. The van der Waals surface area contributed by atoms with Crippen LogP contribution in [0.4, 0.5) is 8.78 Å². The molecule has 1 atom stereocenters. The Labute approximate surface area is 125 Å². The number of rotatable bonds is 4. The van der Waals surface area contributed by atoms with Crippen molar-refractivity contribution in [1.29, 1.82) is 0 Å². The van der Waals surface area contributed by atoms with Crippen LogP contribution in [-0.4, -0.2) is 0 Å². The van der Waals surface area contributed by atoms with Crippen LogP contribution in [0.25, 0.3) is 0 Å². The molecule has 3 N–H and O–H groups in total. The maximum absolute atomic E-state index is 13.8. The molecule has 0 aliphatic rings. The van der Waals surface area contributed by atoms with Crippen molar-refractivity contribution in [3.8, 4) is 0 Å². The molecule has 0 fully saturated rings. The van der Waals surface area contributed by atoms with Crippen molar-refractivity contribution in [3.63, 3.8) is 0 Å². The molecule has 0 saturated carbocycles. The van der Waals surface area contributed by atoms with Crippen molar-refractivity contribution < 1.29 is 8.78 Å². The quantitative estimate of drug-likeness (QED) is 0.660. The zero-order valence-electron chi connectivity index (χ0n) is 10.3. The second-order valence-electron chi connectivity index (χ2n) is 4.34. The number of nitrogens with one attached hydrogen (secondary N) is 1. The van der Waals surface area contributed by atoms with E-state index in [0.29, 0.717) is 17.0 Å². The monoisotopic (exact) mass is 316 g/mol. The zero-order chi connectivity index (χ0) is 14.7. The van der Waals surface area contributed by atoms with Gasteiger partial charge in [-0.1, -0.05) is 29.3 Å². The van der Waals surface area contributed by atoms with Gasteiger partial charge in [0.1, 0.15) is 11.6 Å². The summed E-state index contributed by atoms with van der Waals surface area (Å²) < 4.78 is 26.9. The zero-order valence-corrected chi connectivity index (χ0v) is 11.8. The van der Waals surface area contributed by atoms with E-state index in [2.05, 4.69) is 5.43 Å². The van der Waals surface area contributed by atoms with Gasteiger partial charge in [-0.2, -0.15) is 0 Å². The number of benzene rings is 2. The molecule has 0 saturated heterocycles. The van der Waals surface area contributed by atoms with Gasteiger partial charge in [-0.05, 0) is 42.3 Å². The smallest absolute Gasteiger partial charge is 0.141 e. The van der Waals surface area contributed by atoms with Crippen molar-refractivity contribution in [1.82, 2.24) is 5.43 Å². The summed E-state index contributed by atoms with van der Waals surface area (Å²) in [5.74, 6) is 4.56. The first-order valence-corrected chi connectivity index (χ1v) is 6.62. The Bertz CT molecular complexity index is 620.